The lowest BCUT2D eigenvalue weighted by molar-refractivity contribution is -0.870. The van der Waals surface area contributed by atoms with Crippen molar-refractivity contribution in [2.75, 3.05) is 40.9 Å². The fourth-order valence-corrected chi connectivity index (χ4v) is 11.1. The number of hydrogen-bond donors (Lipinski definition) is 3. The molecule has 3 N–H and O–H groups in total. The maximum Gasteiger partial charge on any atom is 0.472 e. The van der Waals surface area contributed by atoms with Crippen LogP contribution < -0.4 is 5.32 Å². The van der Waals surface area contributed by atoms with E-state index in [0.717, 1.165) is 51.4 Å². The Bertz CT molecular complexity index is 1350. The number of nitrogens with zero attached hydrogens (tertiary/aromatic N) is 1. The number of aliphatic hydroxyl groups excluding tert-OH is 1. The molecule has 0 aliphatic rings. The minimum Gasteiger partial charge on any atom is -0.391 e. The van der Waals surface area contributed by atoms with Gasteiger partial charge in [-0.3, -0.25) is 13.8 Å². The van der Waals surface area contributed by atoms with Crippen LogP contribution in [0.25, 0.3) is 0 Å². The average molecular weight is 1110 g/mol. The van der Waals surface area contributed by atoms with E-state index in [0.29, 0.717) is 23.9 Å². The fourth-order valence-electron chi connectivity index (χ4n) is 10.4. The number of rotatable bonds is 63. The van der Waals surface area contributed by atoms with Crippen molar-refractivity contribution in [1.82, 2.24) is 5.32 Å². The van der Waals surface area contributed by atoms with Crippen LogP contribution in [-0.4, -0.2) is 73.4 Å². The van der Waals surface area contributed by atoms with E-state index in [2.05, 4.69) is 55.6 Å². The standard InChI is InChI=1S/C68H133N2O6P/c1-6-8-10-12-14-16-18-20-22-24-26-28-30-32-33-34-35-36-38-39-41-43-45-47-49-51-53-55-57-59-61-67(71)66(65-76-77(73,74)75-64-63-70(3,4)5)69-68(72)62-60-58-56-54-52-50-48-46-44-42-40-37-31-29-27-25-23-21-19-17-15-13-11-9-7-2/h19,21,25,27,31,37,66-67,71H,6-18,20,22-24,26,28-30,32-36,38-65H2,1-5H3,(H-,69,72,73,74)/p+1/b21-19-,27-25-,37-31-. The minimum absolute atomic E-state index is 0.0743. The second kappa shape index (κ2) is 59.3. The second-order valence-corrected chi connectivity index (χ2v) is 26.0. The van der Waals surface area contributed by atoms with E-state index >= 15 is 0 Å². The summed E-state index contributed by atoms with van der Waals surface area (Å²) in [5.74, 6) is -0.144. The molecule has 0 radical (unpaired) electrons. The number of nitrogens with one attached hydrogen (secondary N) is 1. The molecule has 8 nitrogen and oxygen atoms in total. The number of likely N-dealkylation sites (N-methyl/N-ethyl adjacent to an activating group) is 1. The van der Waals surface area contributed by atoms with Crippen molar-refractivity contribution in [2.24, 2.45) is 0 Å². The molecule has 0 heterocycles. The normalized spacial score (nSPS) is 13.9. The first-order valence-corrected chi connectivity index (χ1v) is 35.3. The summed E-state index contributed by atoms with van der Waals surface area (Å²) in [4.78, 5) is 23.4. The highest BCUT2D eigenvalue weighted by Crippen LogP contribution is 2.43. The highest BCUT2D eigenvalue weighted by molar-refractivity contribution is 7.47. The molecule has 0 aliphatic heterocycles. The van der Waals surface area contributed by atoms with Crippen molar-refractivity contribution in [3.63, 3.8) is 0 Å². The van der Waals surface area contributed by atoms with E-state index < -0.39 is 20.0 Å². The van der Waals surface area contributed by atoms with Crippen molar-refractivity contribution in [2.45, 2.75) is 353 Å². The molecule has 3 atom stereocenters. The van der Waals surface area contributed by atoms with Crippen LogP contribution >= 0.6 is 7.82 Å². The first-order valence-electron chi connectivity index (χ1n) is 33.9. The minimum atomic E-state index is -4.33. The van der Waals surface area contributed by atoms with Gasteiger partial charge < -0.3 is 19.8 Å². The zero-order valence-corrected chi connectivity index (χ0v) is 53.1. The van der Waals surface area contributed by atoms with Crippen LogP contribution in [0, 0.1) is 0 Å². The quantitative estimate of drug-likeness (QED) is 0.0243. The van der Waals surface area contributed by atoms with Gasteiger partial charge >= 0.3 is 7.82 Å². The van der Waals surface area contributed by atoms with Crippen LogP contribution in [0.2, 0.25) is 0 Å². The van der Waals surface area contributed by atoms with Gasteiger partial charge in [0.25, 0.3) is 0 Å². The number of phosphoric ester groups is 1. The molecule has 0 rings (SSSR count). The van der Waals surface area contributed by atoms with Crippen LogP contribution in [0.15, 0.2) is 36.5 Å². The number of allylic oxidation sites excluding steroid dienone is 6. The highest BCUT2D eigenvalue weighted by Gasteiger charge is 2.28. The molecule has 0 aliphatic carbocycles. The van der Waals surface area contributed by atoms with Crippen LogP contribution in [0.3, 0.4) is 0 Å². The van der Waals surface area contributed by atoms with Crippen LogP contribution in [0.4, 0.5) is 0 Å². The molecule has 0 bridgehead atoms. The summed E-state index contributed by atoms with van der Waals surface area (Å²) >= 11 is 0. The topological polar surface area (TPSA) is 105 Å². The third kappa shape index (κ3) is 62.2. The number of amides is 1. The number of phosphoric acid groups is 1. The molecular formula is C68H134N2O6P+. The lowest BCUT2D eigenvalue weighted by Crippen LogP contribution is -2.46. The molecule has 0 saturated heterocycles. The number of carbonyl (C=O) groups is 1. The smallest absolute Gasteiger partial charge is 0.391 e. The average Bonchev–Trinajstić information content (AvgIpc) is 3.39. The van der Waals surface area contributed by atoms with Crippen LogP contribution in [0.5, 0.6) is 0 Å². The summed E-state index contributed by atoms with van der Waals surface area (Å²) in [6, 6.07) is -0.765. The van der Waals surface area contributed by atoms with Gasteiger partial charge in [0.15, 0.2) is 0 Å². The molecule has 77 heavy (non-hydrogen) atoms. The van der Waals surface area contributed by atoms with Gasteiger partial charge in [0.2, 0.25) is 5.91 Å². The molecule has 0 aromatic rings. The molecule has 1 amide bonds. The van der Waals surface area contributed by atoms with E-state index in [4.69, 9.17) is 9.05 Å². The Morgan fingerprint density at radius 1 is 0.442 bits per heavy atom. The van der Waals surface area contributed by atoms with E-state index in [1.54, 1.807) is 0 Å². The Morgan fingerprint density at radius 3 is 1.08 bits per heavy atom. The van der Waals surface area contributed by atoms with Crippen molar-refractivity contribution >= 4 is 13.7 Å². The first kappa shape index (κ1) is 75.7. The largest absolute Gasteiger partial charge is 0.472 e. The molecule has 456 valence electrons. The summed E-state index contributed by atoms with van der Waals surface area (Å²) < 4.78 is 23.9. The van der Waals surface area contributed by atoms with Crippen molar-refractivity contribution in [3.8, 4) is 0 Å². The Balaban J connectivity index is 4.05. The summed E-state index contributed by atoms with van der Waals surface area (Å²) in [6.07, 6.45) is 78.1. The number of quaternary nitrogens is 1. The summed E-state index contributed by atoms with van der Waals surface area (Å²) in [5.41, 5.74) is 0. The maximum absolute atomic E-state index is 13.1. The molecular weight excluding hydrogens is 972 g/mol. The number of hydrogen-bond acceptors (Lipinski definition) is 5. The van der Waals surface area contributed by atoms with Crippen LogP contribution in [-0.2, 0) is 18.4 Å². The van der Waals surface area contributed by atoms with Gasteiger partial charge in [-0.2, -0.15) is 0 Å². The molecule has 0 saturated carbocycles. The van der Waals surface area contributed by atoms with Crippen molar-refractivity contribution < 1.29 is 32.9 Å². The van der Waals surface area contributed by atoms with Crippen molar-refractivity contribution in [3.05, 3.63) is 36.5 Å². The number of carbonyl (C=O) groups excluding carboxylic acids is 1. The number of unbranched alkanes of at least 4 members (excludes halogenated alkanes) is 44. The predicted octanol–water partition coefficient (Wildman–Crippen LogP) is 21.3. The highest BCUT2D eigenvalue weighted by atomic mass is 31.2. The molecule has 0 aromatic carbocycles. The Hall–Kier alpha value is -1.28. The molecule has 3 unspecified atom stereocenters. The summed E-state index contributed by atoms with van der Waals surface area (Å²) in [5, 5.41) is 14.1. The third-order valence-electron chi connectivity index (χ3n) is 15.6. The number of aliphatic hydroxyl groups is 1. The van der Waals surface area contributed by atoms with Gasteiger partial charge in [0, 0.05) is 6.42 Å². The zero-order valence-electron chi connectivity index (χ0n) is 52.2. The monoisotopic (exact) mass is 1110 g/mol. The van der Waals surface area contributed by atoms with E-state index in [1.165, 1.54) is 263 Å². The zero-order chi connectivity index (χ0) is 56.3. The Labute approximate surface area is 480 Å². The predicted molar refractivity (Wildman–Crippen MR) is 337 cm³/mol. The van der Waals surface area contributed by atoms with E-state index in [-0.39, 0.29) is 19.1 Å². The first-order chi connectivity index (χ1) is 37.5. The van der Waals surface area contributed by atoms with Crippen molar-refractivity contribution in [1.29, 1.82) is 0 Å². The van der Waals surface area contributed by atoms with Gasteiger partial charge in [0.05, 0.1) is 39.9 Å². The van der Waals surface area contributed by atoms with E-state index in [1.807, 2.05) is 21.1 Å². The summed E-state index contributed by atoms with van der Waals surface area (Å²) in [7, 11) is 1.62. The lowest BCUT2D eigenvalue weighted by atomic mass is 10.0. The fraction of sp³-hybridized carbons (Fsp3) is 0.897. The SMILES string of the molecule is CCCCCCC/C=C\C/C=C\C/C=C\CCCCCCCCCCCCC(=O)NC(COP(=O)(O)OCC[N+](C)(C)C)C(O)CCCCCCCCCCCCCCCCCCCCCCCCCCCCCCCC. The third-order valence-corrected chi connectivity index (χ3v) is 16.6. The molecule has 0 fully saturated rings. The maximum atomic E-state index is 13.1. The van der Waals surface area contributed by atoms with E-state index in [9.17, 15) is 19.4 Å². The molecule has 0 spiro atoms. The lowest BCUT2D eigenvalue weighted by Gasteiger charge is -2.26. The van der Waals surface area contributed by atoms with Gasteiger partial charge in [0.1, 0.15) is 13.2 Å². The van der Waals surface area contributed by atoms with Gasteiger partial charge in [-0.25, -0.2) is 4.57 Å². The molecule has 0 aromatic heterocycles. The molecule has 9 heteroatoms. The van der Waals surface area contributed by atoms with Gasteiger partial charge in [-0.1, -0.05) is 320 Å². The van der Waals surface area contributed by atoms with Crippen LogP contribution in [0.1, 0.15) is 341 Å². The summed E-state index contributed by atoms with van der Waals surface area (Å²) in [6.45, 7) is 4.92. The second-order valence-electron chi connectivity index (χ2n) is 24.6. The Morgan fingerprint density at radius 2 is 0.740 bits per heavy atom. The van der Waals surface area contributed by atoms with Gasteiger partial charge in [-0.15, -0.1) is 0 Å². The Kier molecular flexibility index (Phi) is 58.4. The van der Waals surface area contributed by atoms with Gasteiger partial charge in [-0.05, 0) is 51.4 Å².